The first-order valence-electron chi connectivity index (χ1n) is 8.30. The van der Waals surface area contributed by atoms with Crippen LogP contribution in [0.2, 0.25) is 0 Å². The van der Waals surface area contributed by atoms with E-state index in [1.165, 1.54) is 7.11 Å². The first kappa shape index (κ1) is 20.5. The van der Waals surface area contributed by atoms with Gasteiger partial charge in [0, 0.05) is 6.54 Å². The maximum absolute atomic E-state index is 11.9. The van der Waals surface area contributed by atoms with Gasteiger partial charge in [-0.05, 0) is 37.0 Å². The molecule has 0 aliphatic carbocycles. The number of rotatable bonds is 10. The van der Waals surface area contributed by atoms with Crippen LogP contribution in [0.4, 0.5) is 0 Å². The second kappa shape index (κ2) is 10.4. The van der Waals surface area contributed by atoms with Crippen molar-refractivity contribution in [3.05, 3.63) is 29.8 Å². The number of benzene rings is 1. The van der Waals surface area contributed by atoms with Gasteiger partial charge >= 0.3 is 5.97 Å². The molecule has 0 saturated heterocycles. The van der Waals surface area contributed by atoms with Crippen molar-refractivity contribution in [3.63, 3.8) is 0 Å². The average Bonchev–Trinajstić information content (AvgIpc) is 2.56. The van der Waals surface area contributed by atoms with Gasteiger partial charge in [0.2, 0.25) is 0 Å². The van der Waals surface area contributed by atoms with E-state index in [9.17, 15) is 14.7 Å². The summed E-state index contributed by atoms with van der Waals surface area (Å²) >= 11 is 0. The summed E-state index contributed by atoms with van der Waals surface area (Å²) in [6.07, 6.45) is 4.36. The molecular weight excluding hydrogens is 322 g/mol. The van der Waals surface area contributed by atoms with Gasteiger partial charge in [-0.15, -0.1) is 0 Å². The summed E-state index contributed by atoms with van der Waals surface area (Å²) in [7, 11) is 1.53. The first-order valence-corrected chi connectivity index (χ1v) is 8.30. The van der Waals surface area contributed by atoms with Crippen LogP contribution in [0.5, 0.6) is 11.5 Å². The minimum absolute atomic E-state index is 0.0904. The van der Waals surface area contributed by atoms with Crippen LogP contribution < -0.4 is 14.8 Å². The van der Waals surface area contributed by atoms with Gasteiger partial charge in [0.1, 0.15) is 0 Å². The van der Waals surface area contributed by atoms with Crippen molar-refractivity contribution in [1.29, 1.82) is 0 Å². The van der Waals surface area contributed by atoms with Crippen LogP contribution >= 0.6 is 0 Å². The molecule has 1 amide bonds. The molecule has 0 aliphatic rings. The SMILES string of the molecule is C/C=C/c1ccc(OCC(=O)NCC(CC(C)C)C(=O)O)c(OC)c1. The maximum atomic E-state index is 11.9. The molecule has 0 aliphatic heterocycles. The van der Waals surface area contributed by atoms with Crippen LogP contribution in [-0.4, -0.2) is 37.2 Å². The van der Waals surface area contributed by atoms with Crippen LogP contribution in [0, 0.1) is 11.8 Å². The Bertz CT molecular complexity index is 610. The highest BCUT2D eigenvalue weighted by molar-refractivity contribution is 5.78. The van der Waals surface area contributed by atoms with Crippen molar-refractivity contribution >= 4 is 18.0 Å². The Morgan fingerprint density at radius 2 is 2.00 bits per heavy atom. The summed E-state index contributed by atoms with van der Waals surface area (Å²) in [6.45, 7) is 5.71. The summed E-state index contributed by atoms with van der Waals surface area (Å²) in [5, 5.41) is 11.8. The van der Waals surface area contributed by atoms with Gasteiger partial charge in [0.15, 0.2) is 18.1 Å². The molecule has 0 spiro atoms. The predicted molar refractivity (Wildman–Crippen MR) is 96.8 cm³/mol. The highest BCUT2D eigenvalue weighted by Crippen LogP contribution is 2.28. The summed E-state index contributed by atoms with van der Waals surface area (Å²) in [5.74, 6) is -0.631. The zero-order valence-corrected chi connectivity index (χ0v) is 15.2. The predicted octanol–water partition coefficient (Wildman–Crippen LogP) is 2.97. The number of nitrogens with one attached hydrogen (secondary N) is 1. The normalized spacial score (nSPS) is 12.2. The molecule has 6 heteroatoms. The molecule has 25 heavy (non-hydrogen) atoms. The molecule has 1 unspecified atom stereocenters. The van der Waals surface area contributed by atoms with Crippen molar-refractivity contribution in [1.82, 2.24) is 5.32 Å². The summed E-state index contributed by atoms with van der Waals surface area (Å²) < 4.78 is 10.8. The third-order valence-corrected chi connectivity index (χ3v) is 3.56. The van der Waals surface area contributed by atoms with E-state index < -0.39 is 11.9 Å². The Morgan fingerprint density at radius 1 is 1.28 bits per heavy atom. The number of carboxylic acid groups (broad SMARTS) is 1. The maximum Gasteiger partial charge on any atom is 0.308 e. The van der Waals surface area contributed by atoms with Crippen molar-refractivity contribution in [2.45, 2.75) is 27.2 Å². The van der Waals surface area contributed by atoms with E-state index in [0.717, 1.165) is 5.56 Å². The molecule has 0 saturated carbocycles. The lowest BCUT2D eigenvalue weighted by atomic mass is 9.97. The summed E-state index contributed by atoms with van der Waals surface area (Å²) in [4.78, 5) is 23.1. The zero-order valence-electron chi connectivity index (χ0n) is 15.2. The van der Waals surface area contributed by atoms with Gasteiger partial charge in [-0.3, -0.25) is 9.59 Å². The van der Waals surface area contributed by atoms with E-state index in [1.54, 1.807) is 6.07 Å². The second-order valence-electron chi connectivity index (χ2n) is 6.17. The molecule has 0 fully saturated rings. The third-order valence-electron chi connectivity index (χ3n) is 3.56. The smallest absolute Gasteiger partial charge is 0.308 e. The quantitative estimate of drug-likeness (QED) is 0.678. The second-order valence-corrected chi connectivity index (χ2v) is 6.17. The van der Waals surface area contributed by atoms with E-state index in [0.29, 0.717) is 17.9 Å². The number of methoxy groups -OCH3 is 1. The molecule has 0 aromatic heterocycles. The topological polar surface area (TPSA) is 84.9 Å². The molecule has 0 bridgehead atoms. The fourth-order valence-electron chi connectivity index (χ4n) is 2.37. The molecule has 0 radical (unpaired) electrons. The number of hydrogen-bond donors (Lipinski definition) is 2. The molecule has 1 aromatic carbocycles. The van der Waals surface area contributed by atoms with E-state index in [2.05, 4.69) is 5.32 Å². The fourth-order valence-corrected chi connectivity index (χ4v) is 2.37. The molecule has 0 heterocycles. The number of carbonyl (C=O) groups is 2. The molecule has 1 rings (SSSR count). The van der Waals surface area contributed by atoms with Gasteiger partial charge in [-0.2, -0.15) is 0 Å². The largest absolute Gasteiger partial charge is 0.493 e. The first-order chi connectivity index (χ1) is 11.9. The van der Waals surface area contributed by atoms with Gasteiger partial charge in [-0.1, -0.05) is 32.1 Å². The number of hydrogen-bond acceptors (Lipinski definition) is 4. The van der Waals surface area contributed by atoms with Crippen molar-refractivity contribution in [2.24, 2.45) is 11.8 Å². The van der Waals surface area contributed by atoms with Gasteiger partial charge in [0.25, 0.3) is 5.91 Å². The van der Waals surface area contributed by atoms with Crippen molar-refractivity contribution in [2.75, 3.05) is 20.3 Å². The Kier molecular flexibility index (Phi) is 8.53. The number of allylic oxidation sites excluding steroid dienone is 1. The van der Waals surface area contributed by atoms with Crippen molar-refractivity contribution < 1.29 is 24.2 Å². The van der Waals surface area contributed by atoms with Crippen LogP contribution in [0.3, 0.4) is 0 Å². The van der Waals surface area contributed by atoms with E-state index in [4.69, 9.17) is 9.47 Å². The highest BCUT2D eigenvalue weighted by atomic mass is 16.5. The Morgan fingerprint density at radius 3 is 2.56 bits per heavy atom. The molecule has 138 valence electrons. The number of amides is 1. The average molecular weight is 349 g/mol. The standard InChI is InChI=1S/C19H27NO5/c1-5-6-14-7-8-16(17(10-14)24-4)25-12-18(21)20-11-15(19(22)23)9-13(2)3/h5-8,10,13,15H,9,11-12H2,1-4H3,(H,20,21)(H,22,23)/b6-5+. The molecular formula is C19H27NO5. The van der Waals surface area contributed by atoms with Crippen LogP contribution in [-0.2, 0) is 9.59 Å². The van der Waals surface area contributed by atoms with Crippen LogP contribution in [0.1, 0.15) is 32.8 Å². The number of carboxylic acids is 1. The lowest BCUT2D eigenvalue weighted by Crippen LogP contribution is -2.36. The minimum atomic E-state index is -0.906. The van der Waals surface area contributed by atoms with E-state index in [-0.39, 0.29) is 25.0 Å². The highest BCUT2D eigenvalue weighted by Gasteiger charge is 2.19. The van der Waals surface area contributed by atoms with E-state index in [1.807, 2.05) is 45.1 Å². The Balaban J connectivity index is 2.57. The molecule has 2 N–H and O–H groups in total. The van der Waals surface area contributed by atoms with Crippen LogP contribution in [0.15, 0.2) is 24.3 Å². The molecule has 1 aromatic rings. The van der Waals surface area contributed by atoms with Gasteiger partial charge in [-0.25, -0.2) is 0 Å². The monoisotopic (exact) mass is 349 g/mol. The Hall–Kier alpha value is -2.50. The van der Waals surface area contributed by atoms with E-state index >= 15 is 0 Å². The lowest BCUT2D eigenvalue weighted by molar-refractivity contribution is -0.142. The zero-order chi connectivity index (χ0) is 18.8. The Labute approximate surface area is 148 Å². The van der Waals surface area contributed by atoms with Crippen molar-refractivity contribution in [3.8, 4) is 11.5 Å². The van der Waals surface area contributed by atoms with Gasteiger partial charge < -0.3 is 19.9 Å². The summed E-state index contributed by atoms with van der Waals surface area (Å²) in [5.41, 5.74) is 0.967. The molecule has 1 atom stereocenters. The lowest BCUT2D eigenvalue weighted by Gasteiger charge is -2.16. The summed E-state index contributed by atoms with van der Waals surface area (Å²) in [6, 6.07) is 5.41. The number of aliphatic carboxylic acids is 1. The van der Waals surface area contributed by atoms with Gasteiger partial charge in [0.05, 0.1) is 13.0 Å². The third kappa shape index (κ3) is 7.28. The number of ether oxygens (including phenoxy) is 2. The fraction of sp³-hybridized carbons (Fsp3) is 0.474. The van der Waals surface area contributed by atoms with Crippen LogP contribution in [0.25, 0.3) is 6.08 Å². The minimum Gasteiger partial charge on any atom is -0.493 e. The molecule has 6 nitrogen and oxygen atoms in total. The number of carbonyl (C=O) groups excluding carboxylic acids is 1.